The molecule has 2 unspecified atom stereocenters. The van der Waals surface area contributed by atoms with E-state index in [4.69, 9.17) is 4.74 Å². The summed E-state index contributed by atoms with van der Waals surface area (Å²) in [6.45, 7) is 5.26. The van der Waals surface area contributed by atoms with E-state index in [1.54, 1.807) is 11.3 Å². The molecule has 2 aromatic rings. The van der Waals surface area contributed by atoms with Crippen molar-refractivity contribution in [3.05, 3.63) is 28.6 Å². The molecule has 3 heterocycles. The Balaban J connectivity index is 1.77. The zero-order valence-electron chi connectivity index (χ0n) is 11.4. The predicted octanol–water partition coefficient (Wildman–Crippen LogP) is 3.12. The van der Waals surface area contributed by atoms with Gasteiger partial charge in [-0.05, 0) is 25.3 Å². The number of hydrogen-bond acceptors (Lipinski definition) is 5. The number of thiophene rings is 1. The second-order valence-electron chi connectivity index (χ2n) is 4.98. The van der Waals surface area contributed by atoms with Gasteiger partial charge in [-0.2, -0.15) is 0 Å². The highest BCUT2D eigenvalue weighted by atomic mass is 32.1. The maximum Gasteiger partial charge on any atom is 0.273 e. The third-order valence-corrected chi connectivity index (χ3v) is 5.04. The third-order valence-electron chi connectivity index (χ3n) is 3.16. The molecule has 3 rings (SSSR count). The first kappa shape index (κ1) is 13.7. The summed E-state index contributed by atoms with van der Waals surface area (Å²) < 4.78 is 5.66. The molecule has 20 heavy (non-hydrogen) atoms. The second-order valence-corrected chi connectivity index (χ2v) is 6.79. The number of hydrogen-bond donors (Lipinski definition) is 0. The molecule has 0 spiro atoms. The lowest BCUT2D eigenvalue weighted by molar-refractivity contribution is -0.0587. The summed E-state index contributed by atoms with van der Waals surface area (Å²) in [5.41, 5.74) is 0.541. The Labute approximate surface area is 126 Å². The molecule has 106 valence electrons. The molecule has 0 saturated carbocycles. The van der Waals surface area contributed by atoms with Crippen LogP contribution in [0.2, 0.25) is 0 Å². The summed E-state index contributed by atoms with van der Waals surface area (Å²) in [4.78, 5) is 19.9. The summed E-state index contributed by atoms with van der Waals surface area (Å²) in [6, 6.07) is 4.02. The molecular formula is C14H16N2O2S2. The number of carbonyl (C=O) groups excluding carboxylic acids is 1. The highest BCUT2D eigenvalue weighted by Gasteiger charge is 2.27. The van der Waals surface area contributed by atoms with Gasteiger partial charge in [0.1, 0.15) is 10.7 Å². The molecule has 4 nitrogen and oxygen atoms in total. The maximum absolute atomic E-state index is 12.5. The van der Waals surface area contributed by atoms with E-state index in [9.17, 15) is 4.79 Å². The van der Waals surface area contributed by atoms with Crippen LogP contribution in [0.1, 0.15) is 24.3 Å². The Kier molecular flexibility index (Phi) is 3.87. The Morgan fingerprint density at radius 1 is 1.35 bits per heavy atom. The number of amides is 1. The smallest absolute Gasteiger partial charge is 0.273 e. The minimum Gasteiger partial charge on any atom is -0.372 e. The highest BCUT2D eigenvalue weighted by Crippen LogP contribution is 2.28. The average molecular weight is 308 g/mol. The average Bonchev–Trinajstić information content (AvgIpc) is 3.07. The molecule has 1 saturated heterocycles. The first-order chi connectivity index (χ1) is 9.63. The largest absolute Gasteiger partial charge is 0.372 e. The van der Waals surface area contributed by atoms with Crippen LogP contribution in [0, 0.1) is 0 Å². The predicted molar refractivity (Wildman–Crippen MR) is 81.3 cm³/mol. The van der Waals surface area contributed by atoms with E-state index in [2.05, 4.69) is 4.98 Å². The number of morpholine rings is 1. The molecule has 2 atom stereocenters. The number of nitrogens with zero attached hydrogens (tertiary/aromatic N) is 2. The van der Waals surface area contributed by atoms with Crippen LogP contribution in [0.25, 0.3) is 9.88 Å². The monoisotopic (exact) mass is 308 g/mol. The van der Waals surface area contributed by atoms with Crippen molar-refractivity contribution in [3.8, 4) is 9.88 Å². The van der Waals surface area contributed by atoms with Gasteiger partial charge in [-0.15, -0.1) is 22.7 Å². The molecule has 1 aliphatic rings. The fourth-order valence-corrected chi connectivity index (χ4v) is 4.00. The normalized spacial score (nSPS) is 23.0. The van der Waals surface area contributed by atoms with E-state index in [0.29, 0.717) is 18.8 Å². The van der Waals surface area contributed by atoms with Gasteiger partial charge in [0.05, 0.1) is 17.1 Å². The van der Waals surface area contributed by atoms with Crippen LogP contribution >= 0.6 is 22.7 Å². The molecule has 1 amide bonds. The fourth-order valence-electron chi connectivity index (χ4n) is 2.39. The summed E-state index contributed by atoms with van der Waals surface area (Å²) >= 11 is 3.16. The van der Waals surface area contributed by atoms with Crippen molar-refractivity contribution in [1.82, 2.24) is 9.88 Å². The van der Waals surface area contributed by atoms with Crippen LogP contribution in [-0.4, -0.2) is 41.1 Å². The summed E-state index contributed by atoms with van der Waals surface area (Å²) in [5, 5.41) is 4.78. The second kappa shape index (κ2) is 5.63. The van der Waals surface area contributed by atoms with E-state index in [-0.39, 0.29) is 18.1 Å². The lowest BCUT2D eigenvalue weighted by atomic mass is 10.2. The van der Waals surface area contributed by atoms with Crippen molar-refractivity contribution in [3.63, 3.8) is 0 Å². The van der Waals surface area contributed by atoms with Gasteiger partial charge < -0.3 is 9.64 Å². The number of carbonyl (C=O) groups is 1. The van der Waals surface area contributed by atoms with Crippen molar-refractivity contribution in [2.24, 2.45) is 0 Å². The van der Waals surface area contributed by atoms with Crippen LogP contribution in [0.4, 0.5) is 0 Å². The van der Waals surface area contributed by atoms with E-state index >= 15 is 0 Å². The third kappa shape index (κ3) is 2.77. The molecule has 6 heteroatoms. The van der Waals surface area contributed by atoms with Gasteiger partial charge in [0.2, 0.25) is 0 Å². The van der Waals surface area contributed by atoms with Gasteiger partial charge in [0.25, 0.3) is 5.91 Å². The van der Waals surface area contributed by atoms with E-state index in [0.717, 1.165) is 9.88 Å². The Morgan fingerprint density at radius 2 is 2.10 bits per heavy atom. The standard InChI is InChI=1S/C14H16N2O2S2/c1-9-6-16(7-10(2)18-9)14(17)11-8-20-13(15-11)12-4-3-5-19-12/h3-5,8-10H,6-7H2,1-2H3. The lowest BCUT2D eigenvalue weighted by Gasteiger charge is -2.34. The van der Waals surface area contributed by atoms with Crippen LogP contribution in [-0.2, 0) is 4.74 Å². The Bertz CT molecular complexity index is 584. The van der Waals surface area contributed by atoms with Crippen molar-refractivity contribution < 1.29 is 9.53 Å². The van der Waals surface area contributed by atoms with E-state index < -0.39 is 0 Å². The van der Waals surface area contributed by atoms with Crippen molar-refractivity contribution in [2.75, 3.05) is 13.1 Å². The topological polar surface area (TPSA) is 42.4 Å². The number of rotatable bonds is 2. The van der Waals surface area contributed by atoms with Gasteiger partial charge >= 0.3 is 0 Å². The summed E-state index contributed by atoms with van der Waals surface area (Å²) in [7, 11) is 0. The molecule has 0 N–H and O–H groups in total. The first-order valence-corrected chi connectivity index (χ1v) is 8.33. The van der Waals surface area contributed by atoms with Crippen LogP contribution in [0.5, 0.6) is 0 Å². The molecule has 0 aromatic carbocycles. The van der Waals surface area contributed by atoms with Gasteiger partial charge in [0.15, 0.2) is 0 Å². The van der Waals surface area contributed by atoms with E-state index in [1.165, 1.54) is 11.3 Å². The molecule has 1 aliphatic heterocycles. The number of ether oxygens (including phenoxy) is 1. The lowest BCUT2D eigenvalue weighted by Crippen LogP contribution is -2.48. The fraction of sp³-hybridized carbons (Fsp3) is 0.429. The highest BCUT2D eigenvalue weighted by molar-refractivity contribution is 7.20. The SMILES string of the molecule is CC1CN(C(=O)c2csc(-c3cccs3)n2)CC(C)O1. The van der Waals surface area contributed by atoms with Gasteiger partial charge in [-0.1, -0.05) is 6.07 Å². The van der Waals surface area contributed by atoms with Crippen molar-refractivity contribution >= 4 is 28.6 Å². The van der Waals surface area contributed by atoms with Gasteiger partial charge in [0, 0.05) is 18.5 Å². The molecule has 0 radical (unpaired) electrons. The minimum absolute atomic E-state index is 0.00561. The van der Waals surface area contributed by atoms with Gasteiger partial charge in [-0.25, -0.2) is 4.98 Å². The molecule has 0 aliphatic carbocycles. The Hall–Kier alpha value is -1.24. The summed E-state index contributed by atoms with van der Waals surface area (Å²) in [6.07, 6.45) is 0.163. The van der Waals surface area contributed by atoms with Crippen molar-refractivity contribution in [2.45, 2.75) is 26.1 Å². The van der Waals surface area contributed by atoms with Crippen molar-refractivity contribution in [1.29, 1.82) is 0 Å². The number of thiazole rings is 1. The minimum atomic E-state index is 0.00561. The Morgan fingerprint density at radius 3 is 2.75 bits per heavy atom. The summed E-state index contributed by atoms with van der Waals surface area (Å²) in [5.74, 6) is 0.00561. The molecule has 2 aromatic heterocycles. The zero-order chi connectivity index (χ0) is 14.1. The maximum atomic E-state index is 12.5. The van der Waals surface area contributed by atoms with Crippen LogP contribution < -0.4 is 0 Å². The molecule has 1 fully saturated rings. The van der Waals surface area contributed by atoms with Crippen LogP contribution in [0.3, 0.4) is 0 Å². The number of aromatic nitrogens is 1. The zero-order valence-corrected chi connectivity index (χ0v) is 13.0. The quantitative estimate of drug-likeness (QED) is 0.856. The van der Waals surface area contributed by atoms with E-state index in [1.807, 2.05) is 41.6 Å². The molecule has 0 bridgehead atoms. The van der Waals surface area contributed by atoms with Gasteiger partial charge in [-0.3, -0.25) is 4.79 Å². The first-order valence-electron chi connectivity index (χ1n) is 6.57. The molecular weight excluding hydrogens is 292 g/mol. The van der Waals surface area contributed by atoms with Crippen LogP contribution in [0.15, 0.2) is 22.9 Å².